The molecule has 1 rings (SSSR count). The van der Waals surface area contributed by atoms with Gasteiger partial charge in [0.25, 0.3) is 10.2 Å². The molecule has 1 saturated heterocycles. The first-order chi connectivity index (χ1) is 7.53. The fraction of sp³-hybridized carbons (Fsp3) is 1.00. The average Bonchev–Trinajstić information content (AvgIpc) is 2.20. The maximum Gasteiger partial charge on any atom is 0.276 e. The minimum atomic E-state index is -3.28. The summed E-state index contributed by atoms with van der Waals surface area (Å²) in [5, 5.41) is 0. The van der Waals surface area contributed by atoms with Gasteiger partial charge in [0.2, 0.25) is 0 Å². The minimum absolute atomic E-state index is 0.420. The number of nitrogens with one attached hydrogen (secondary N) is 2. The molecule has 0 atom stereocenters. The highest BCUT2D eigenvalue weighted by atomic mass is 32.2. The van der Waals surface area contributed by atoms with Crippen molar-refractivity contribution >= 4 is 10.2 Å². The van der Waals surface area contributed by atoms with Crippen LogP contribution in [0.5, 0.6) is 0 Å². The van der Waals surface area contributed by atoms with Crippen molar-refractivity contribution in [2.24, 2.45) is 0 Å². The number of hydrogen-bond donors (Lipinski definition) is 2. The molecule has 0 amide bonds. The molecule has 96 valence electrons. The van der Waals surface area contributed by atoms with E-state index in [0.717, 1.165) is 32.7 Å². The Balaban J connectivity index is 2.16. The molecule has 0 aromatic heterocycles. The van der Waals surface area contributed by atoms with Crippen LogP contribution in [-0.4, -0.2) is 71.1 Å². The molecule has 1 heterocycles. The summed E-state index contributed by atoms with van der Waals surface area (Å²) in [4.78, 5) is 4.55. The maximum atomic E-state index is 11.3. The largest absolute Gasteiger partial charge is 0.304 e. The monoisotopic (exact) mass is 250 g/mol. The van der Waals surface area contributed by atoms with Crippen molar-refractivity contribution in [2.75, 3.05) is 52.9 Å². The van der Waals surface area contributed by atoms with Crippen molar-refractivity contribution in [1.29, 1.82) is 0 Å². The van der Waals surface area contributed by atoms with Crippen LogP contribution in [0.2, 0.25) is 0 Å². The molecular formula is C9H22N4O2S. The van der Waals surface area contributed by atoms with Gasteiger partial charge in [-0.2, -0.15) is 8.42 Å². The zero-order valence-electron chi connectivity index (χ0n) is 10.1. The lowest BCUT2D eigenvalue weighted by Gasteiger charge is -2.32. The first-order valence-electron chi connectivity index (χ1n) is 5.68. The van der Waals surface area contributed by atoms with E-state index in [0.29, 0.717) is 13.1 Å². The molecule has 0 saturated carbocycles. The van der Waals surface area contributed by atoms with Crippen LogP contribution >= 0.6 is 0 Å². The predicted octanol–water partition coefficient (Wildman–Crippen LogP) is -1.32. The number of hydrogen-bond acceptors (Lipinski definition) is 4. The fourth-order valence-corrected chi connectivity index (χ4v) is 2.49. The second kappa shape index (κ2) is 6.51. The third-order valence-electron chi connectivity index (χ3n) is 2.65. The normalized spacial score (nSPS) is 20.1. The average molecular weight is 250 g/mol. The molecule has 0 unspecified atom stereocenters. The quantitative estimate of drug-likeness (QED) is 0.613. The van der Waals surface area contributed by atoms with Crippen LogP contribution in [0.1, 0.15) is 6.92 Å². The van der Waals surface area contributed by atoms with Gasteiger partial charge in [-0.25, -0.2) is 9.44 Å². The van der Waals surface area contributed by atoms with E-state index < -0.39 is 10.2 Å². The fourth-order valence-electron chi connectivity index (χ4n) is 1.65. The van der Waals surface area contributed by atoms with Gasteiger partial charge in [0.1, 0.15) is 0 Å². The van der Waals surface area contributed by atoms with E-state index in [2.05, 4.69) is 26.3 Å². The molecule has 1 fully saturated rings. The molecule has 2 N–H and O–H groups in total. The maximum absolute atomic E-state index is 11.3. The summed E-state index contributed by atoms with van der Waals surface area (Å²) >= 11 is 0. The van der Waals surface area contributed by atoms with E-state index in [1.165, 1.54) is 0 Å². The van der Waals surface area contributed by atoms with Crippen LogP contribution in [0.15, 0.2) is 0 Å². The van der Waals surface area contributed by atoms with E-state index in [-0.39, 0.29) is 0 Å². The third kappa shape index (κ3) is 5.22. The van der Waals surface area contributed by atoms with Gasteiger partial charge in [0.05, 0.1) is 0 Å². The van der Waals surface area contributed by atoms with Crippen LogP contribution in [0.25, 0.3) is 0 Å². The second-order valence-corrected chi connectivity index (χ2v) is 5.62. The van der Waals surface area contributed by atoms with E-state index in [9.17, 15) is 8.42 Å². The molecule has 0 spiro atoms. The van der Waals surface area contributed by atoms with E-state index >= 15 is 0 Å². The Labute approximate surface area is 98.2 Å². The van der Waals surface area contributed by atoms with Crippen molar-refractivity contribution in [2.45, 2.75) is 6.92 Å². The Bertz CT molecular complexity index is 286. The summed E-state index contributed by atoms with van der Waals surface area (Å²) in [5.41, 5.74) is 0. The molecule has 0 aliphatic carbocycles. The summed E-state index contributed by atoms with van der Waals surface area (Å²) in [5.74, 6) is 0. The molecule has 1 aliphatic rings. The molecule has 1 aliphatic heterocycles. The summed E-state index contributed by atoms with van der Waals surface area (Å²) in [6.07, 6.45) is 0. The van der Waals surface area contributed by atoms with Gasteiger partial charge in [-0.1, -0.05) is 6.92 Å². The molecule has 0 bridgehead atoms. The summed E-state index contributed by atoms with van der Waals surface area (Å²) < 4.78 is 27.5. The Morgan fingerprint density at radius 2 is 1.75 bits per heavy atom. The highest BCUT2D eigenvalue weighted by Crippen LogP contribution is 1.97. The van der Waals surface area contributed by atoms with E-state index in [4.69, 9.17) is 0 Å². The van der Waals surface area contributed by atoms with Crippen LogP contribution in [0.3, 0.4) is 0 Å². The van der Waals surface area contributed by atoms with Crippen molar-refractivity contribution in [1.82, 2.24) is 19.2 Å². The van der Waals surface area contributed by atoms with Gasteiger partial charge < -0.3 is 4.90 Å². The van der Waals surface area contributed by atoms with Gasteiger partial charge in [-0.3, -0.25) is 4.90 Å². The highest BCUT2D eigenvalue weighted by Gasteiger charge is 2.14. The van der Waals surface area contributed by atoms with Crippen molar-refractivity contribution in [3.05, 3.63) is 0 Å². The molecule has 6 nitrogen and oxygen atoms in total. The lowest BCUT2D eigenvalue weighted by Crippen LogP contribution is -2.47. The topological polar surface area (TPSA) is 64.7 Å². The second-order valence-electron chi connectivity index (χ2n) is 4.04. The van der Waals surface area contributed by atoms with Crippen LogP contribution < -0.4 is 9.44 Å². The molecular weight excluding hydrogens is 228 g/mol. The standard InChI is InChI=1S/C9H22N4O2S/c1-3-10-16(14,15)11-4-5-13-8-6-12(2)7-9-13/h10-11H,3-9H2,1-2H3. The third-order valence-corrected chi connectivity index (χ3v) is 3.90. The lowest BCUT2D eigenvalue weighted by atomic mass is 10.3. The molecule has 7 heteroatoms. The Hall–Kier alpha value is -0.210. The van der Waals surface area contributed by atoms with Crippen molar-refractivity contribution < 1.29 is 8.42 Å². The summed E-state index contributed by atoms with van der Waals surface area (Å²) in [6, 6.07) is 0. The van der Waals surface area contributed by atoms with Crippen LogP contribution in [0.4, 0.5) is 0 Å². The SMILES string of the molecule is CCNS(=O)(=O)NCCN1CCN(C)CC1. The van der Waals surface area contributed by atoms with Gasteiger partial charge in [-0.15, -0.1) is 0 Å². The Morgan fingerprint density at radius 1 is 1.12 bits per heavy atom. The zero-order valence-corrected chi connectivity index (χ0v) is 10.9. The smallest absolute Gasteiger partial charge is 0.276 e. The molecule has 0 aromatic carbocycles. The molecule has 0 radical (unpaired) electrons. The van der Waals surface area contributed by atoms with Gasteiger partial charge >= 0.3 is 0 Å². The molecule has 0 aromatic rings. The number of likely N-dealkylation sites (N-methyl/N-ethyl adjacent to an activating group) is 1. The van der Waals surface area contributed by atoms with E-state index in [1.807, 2.05) is 0 Å². The number of piperazine rings is 1. The number of nitrogens with zero attached hydrogens (tertiary/aromatic N) is 2. The Kier molecular flexibility index (Phi) is 5.63. The zero-order chi connectivity index (χ0) is 12.0. The van der Waals surface area contributed by atoms with Crippen molar-refractivity contribution in [3.63, 3.8) is 0 Å². The minimum Gasteiger partial charge on any atom is -0.304 e. The first-order valence-corrected chi connectivity index (χ1v) is 7.17. The van der Waals surface area contributed by atoms with Gasteiger partial charge in [0, 0.05) is 45.8 Å². The van der Waals surface area contributed by atoms with E-state index in [1.54, 1.807) is 6.92 Å². The van der Waals surface area contributed by atoms with Crippen molar-refractivity contribution in [3.8, 4) is 0 Å². The summed E-state index contributed by atoms with van der Waals surface area (Å²) in [6.45, 7) is 7.57. The first kappa shape index (κ1) is 13.9. The highest BCUT2D eigenvalue weighted by molar-refractivity contribution is 7.87. The van der Waals surface area contributed by atoms with Crippen LogP contribution in [0, 0.1) is 0 Å². The number of rotatable bonds is 6. The van der Waals surface area contributed by atoms with Gasteiger partial charge in [-0.05, 0) is 7.05 Å². The molecule has 16 heavy (non-hydrogen) atoms. The Morgan fingerprint density at radius 3 is 2.31 bits per heavy atom. The summed E-state index contributed by atoms with van der Waals surface area (Å²) in [7, 11) is -1.18. The lowest BCUT2D eigenvalue weighted by molar-refractivity contribution is 0.156. The van der Waals surface area contributed by atoms with Crippen LogP contribution in [-0.2, 0) is 10.2 Å². The van der Waals surface area contributed by atoms with Gasteiger partial charge in [0.15, 0.2) is 0 Å². The predicted molar refractivity (Wildman–Crippen MR) is 64.5 cm³/mol.